The van der Waals surface area contributed by atoms with E-state index in [4.69, 9.17) is 5.26 Å². The van der Waals surface area contributed by atoms with Crippen LogP contribution in [0.3, 0.4) is 0 Å². The molecule has 2 rings (SSSR count). The Balaban J connectivity index is 1.81. The van der Waals surface area contributed by atoms with Crippen LogP contribution in [0.25, 0.3) is 0 Å². The van der Waals surface area contributed by atoms with Crippen LogP contribution >= 0.6 is 0 Å². The molecule has 4 nitrogen and oxygen atoms in total. The normalized spacial score (nSPS) is 14.5. The highest BCUT2D eigenvalue weighted by Crippen LogP contribution is 2.30. The predicted molar refractivity (Wildman–Crippen MR) is 73.6 cm³/mol. The van der Waals surface area contributed by atoms with E-state index in [2.05, 4.69) is 4.98 Å². The maximum Gasteiger partial charge on any atom is 0.227 e. The van der Waals surface area contributed by atoms with Crippen LogP contribution in [0.5, 0.6) is 0 Å². The summed E-state index contributed by atoms with van der Waals surface area (Å²) < 4.78 is 0. The van der Waals surface area contributed by atoms with Gasteiger partial charge in [0.15, 0.2) is 0 Å². The van der Waals surface area contributed by atoms with Crippen LogP contribution in [0.15, 0.2) is 18.3 Å². The first kappa shape index (κ1) is 13.5. The van der Waals surface area contributed by atoms with Gasteiger partial charge in [-0.1, -0.05) is 19.3 Å². The van der Waals surface area contributed by atoms with E-state index in [1.165, 1.54) is 31.9 Å². The van der Waals surface area contributed by atoms with Gasteiger partial charge in [0.1, 0.15) is 11.9 Å². The minimum Gasteiger partial charge on any atom is -0.300 e. The molecule has 0 aliphatic heterocycles. The van der Waals surface area contributed by atoms with Gasteiger partial charge >= 0.3 is 0 Å². The van der Waals surface area contributed by atoms with Crippen LogP contribution in [0, 0.1) is 17.2 Å². The molecule has 0 atom stereocenters. The predicted octanol–water partition coefficient (Wildman–Crippen LogP) is 2.89. The second-order valence-electron chi connectivity index (χ2n) is 5.16. The summed E-state index contributed by atoms with van der Waals surface area (Å²) in [6.45, 7) is 0. The minimum absolute atomic E-state index is 0.0940. The highest BCUT2D eigenvalue weighted by Gasteiger charge is 2.18. The van der Waals surface area contributed by atoms with Crippen molar-refractivity contribution in [3.8, 4) is 6.07 Å². The largest absolute Gasteiger partial charge is 0.300 e. The number of carbonyl (C=O) groups excluding carboxylic acids is 1. The molecular formula is C15H19N3O. The van der Waals surface area contributed by atoms with E-state index in [1.807, 2.05) is 6.07 Å². The van der Waals surface area contributed by atoms with Gasteiger partial charge in [-0.2, -0.15) is 5.26 Å². The summed E-state index contributed by atoms with van der Waals surface area (Å²) in [4.78, 5) is 17.7. The van der Waals surface area contributed by atoms with Gasteiger partial charge in [0.05, 0.1) is 5.56 Å². The number of nitriles is 1. The fourth-order valence-corrected chi connectivity index (χ4v) is 2.27. The van der Waals surface area contributed by atoms with Gasteiger partial charge in [-0.3, -0.25) is 9.69 Å². The molecule has 1 amide bonds. The van der Waals surface area contributed by atoms with Crippen LogP contribution in [0.2, 0.25) is 0 Å². The zero-order chi connectivity index (χ0) is 13.7. The number of hydrogen-bond donors (Lipinski definition) is 0. The van der Waals surface area contributed by atoms with E-state index in [0.717, 1.165) is 12.3 Å². The number of aromatic nitrogens is 1. The molecule has 1 heterocycles. The molecule has 1 aromatic heterocycles. The van der Waals surface area contributed by atoms with E-state index >= 15 is 0 Å². The lowest BCUT2D eigenvalue weighted by Crippen LogP contribution is -2.27. The van der Waals surface area contributed by atoms with Crippen molar-refractivity contribution in [3.05, 3.63) is 23.9 Å². The quantitative estimate of drug-likeness (QED) is 0.815. The smallest absolute Gasteiger partial charge is 0.227 e. The van der Waals surface area contributed by atoms with Crippen molar-refractivity contribution < 1.29 is 4.79 Å². The number of carbonyl (C=O) groups is 1. The lowest BCUT2D eigenvalue weighted by molar-refractivity contribution is -0.118. The molecule has 1 aliphatic carbocycles. The van der Waals surface area contributed by atoms with Crippen LogP contribution in [0.4, 0.5) is 5.82 Å². The SMILES string of the molecule is CN(C(=O)CCCC1CCC1)c1ccc(C#N)cn1. The van der Waals surface area contributed by atoms with E-state index in [9.17, 15) is 4.79 Å². The molecule has 0 saturated heterocycles. The molecule has 0 aromatic carbocycles. The Morgan fingerprint density at radius 3 is 2.84 bits per heavy atom. The van der Waals surface area contributed by atoms with Gasteiger partial charge in [0.25, 0.3) is 0 Å². The van der Waals surface area contributed by atoms with Crippen molar-refractivity contribution in [2.75, 3.05) is 11.9 Å². The molecule has 0 unspecified atom stereocenters. The highest BCUT2D eigenvalue weighted by atomic mass is 16.2. The third-order valence-corrected chi connectivity index (χ3v) is 3.82. The molecule has 1 aliphatic rings. The standard InChI is InChI=1S/C15H19N3O/c1-18(14-9-8-13(10-16)11-17-14)15(19)7-3-6-12-4-2-5-12/h8-9,11-12H,2-7H2,1H3. The molecule has 0 N–H and O–H groups in total. The van der Waals surface area contributed by atoms with Crippen molar-refractivity contribution in [1.29, 1.82) is 5.26 Å². The molecule has 0 radical (unpaired) electrons. The Labute approximate surface area is 114 Å². The van der Waals surface area contributed by atoms with Gasteiger partial charge in [-0.05, 0) is 30.9 Å². The van der Waals surface area contributed by atoms with Crippen molar-refractivity contribution in [2.45, 2.75) is 38.5 Å². The van der Waals surface area contributed by atoms with Crippen molar-refractivity contribution >= 4 is 11.7 Å². The fourth-order valence-electron chi connectivity index (χ4n) is 2.27. The van der Waals surface area contributed by atoms with E-state index in [1.54, 1.807) is 24.1 Å². The maximum absolute atomic E-state index is 12.0. The molecule has 1 aromatic rings. The van der Waals surface area contributed by atoms with Gasteiger partial charge in [0, 0.05) is 19.7 Å². The van der Waals surface area contributed by atoms with Crippen LogP contribution < -0.4 is 4.90 Å². The number of rotatable bonds is 5. The zero-order valence-electron chi connectivity index (χ0n) is 11.3. The van der Waals surface area contributed by atoms with Crippen molar-refractivity contribution in [2.24, 2.45) is 5.92 Å². The number of nitrogens with zero attached hydrogens (tertiary/aromatic N) is 3. The summed E-state index contributed by atoms with van der Waals surface area (Å²) in [7, 11) is 1.74. The second kappa shape index (κ2) is 6.33. The third-order valence-electron chi connectivity index (χ3n) is 3.82. The highest BCUT2D eigenvalue weighted by molar-refractivity contribution is 5.91. The van der Waals surface area contributed by atoms with E-state index < -0.39 is 0 Å². The molecule has 0 spiro atoms. The zero-order valence-corrected chi connectivity index (χ0v) is 11.3. The Bertz CT molecular complexity index is 471. The molecule has 100 valence electrons. The second-order valence-corrected chi connectivity index (χ2v) is 5.16. The first-order valence-corrected chi connectivity index (χ1v) is 6.83. The van der Waals surface area contributed by atoms with Gasteiger partial charge in [0.2, 0.25) is 5.91 Å². The third kappa shape index (κ3) is 3.54. The number of pyridine rings is 1. The summed E-state index contributed by atoms with van der Waals surface area (Å²) >= 11 is 0. The minimum atomic E-state index is 0.0940. The van der Waals surface area contributed by atoms with Crippen molar-refractivity contribution in [1.82, 2.24) is 4.98 Å². The first-order chi connectivity index (χ1) is 9.20. The lowest BCUT2D eigenvalue weighted by atomic mass is 9.82. The summed E-state index contributed by atoms with van der Waals surface area (Å²) in [6.07, 6.45) is 8.22. The maximum atomic E-state index is 12.0. The molecule has 1 fully saturated rings. The molecule has 19 heavy (non-hydrogen) atoms. The number of amides is 1. The van der Waals surface area contributed by atoms with Crippen LogP contribution in [-0.4, -0.2) is 17.9 Å². The first-order valence-electron chi connectivity index (χ1n) is 6.83. The Morgan fingerprint density at radius 2 is 2.32 bits per heavy atom. The van der Waals surface area contributed by atoms with Crippen LogP contribution in [-0.2, 0) is 4.79 Å². The lowest BCUT2D eigenvalue weighted by Gasteiger charge is -2.25. The summed E-state index contributed by atoms with van der Waals surface area (Å²) in [5.41, 5.74) is 0.509. The van der Waals surface area contributed by atoms with Gasteiger partial charge in [-0.25, -0.2) is 4.98 Å². The van der Waals surface area contributed by atoms with E-state index in [-0.39, 0.29) is 5.91 Å². The van der Waals surface area contributed by atoms with Gasteiger partial charge in [-0.15, -0.1) is 0 Å². The fraction of sp³-hybridized carbons (Fsp3) is 0.533. The Hall–Kier alpha value is -1.89. The van der Waals surface area contributed by atoms with E-state index in [0.29, 0.717) is 17.8 Å². The average molecular weight is 257 g/mol. The molecule has 4 heteroatoms. The topological polar surface area (TPSA) is 57.0 Å². The summed E-state index contributed by atoms with van der Waals surface area (Å²) in [6, 6.07) is 5.41. The average Bonchev–Trinajstić information content (AvgIpc) is 2.40. The molecule has 1 saturated carbocycles. The Morgan fingerprint density at radius 1 is 1.53 bits per heavy atom. The monoisotopic (exact) mass is 257 g/mol. The number of anilines is 1. The Kier molecular flexibility index (Phi) is 4.51. The summed E-state index contributed by atoms with van der Waals surface area (Å²) in [5.74, 6) is 1.55. The van der Waals surface area contributed by atoms with Gasteiger partial charge < -0.3 is 0 Å². The molecular weight excluding hydrogens is 238 g/mol. The summed E-state index contributed by atoms with van der Waals surface area (Å²) in [5, 5.41) is 8.70. The molecule has 0 bridgehead atoms. The van der Waals surface area contributed by atoms with Crippen LogP contribution in [0.1, 0.15) is 44.1 Å². The van der Waals surface area contributed by atoms with Crippen molar-refractivity contribution in [3.63, 3.8) is 0 Å². The number of hydrogen-bond acceptors (Lipinski definition) is 3.